The van der Waals surface area contributed by atoms with Crippen LogP contribution in [0.4, 0.5) is 0 Å². The van der Waals surface area contributed by atoms with Gasteiger partial charge in [-0.15, -0.1) is 0 Å². The van der Waals surface area contributed by atoms with Crippen molar-refractivity contribution in [2.24, 2.45) is 0 Å². The molecule has 1 aliphatic rings. The van der Waals surface area contributed by atoms with E-state index >= 15 is 0 Å². The highest BCUT2D eigenvalue weighted by atomic mass is 16.7. The van der Waals surface area contributed by atoms with Crippen LogP contribution in [0.5, 0.6) is 0 Å². The topological polar surface area (TPSA) is 85.1 Å². The van der Waals surface area contributed by atoms with Crippen molar-refractivity contribution in [1.82, 2.24) is 19.9 Å². The normalized spacial score (nSPS) is 14.9. The van der Waals surface area contributed by atoms with E-state index < -0.39 is 0 Å². The first kappa shape index (κ1) is 16.5. The SMILES string of the molecule is CNC.Cc1cnc2c(=N)n(CC3OCCO3)c(C)nc2c1. The Balaban J connectivity index is 0.000000545. The summed E-state index contributed by atoms with van der Waals surface area (Å²) in [5.74, 6) is 0.768. The number of hydrogen-bond acceptors (Lipinski definition) is 6. The molecule has 0 radical (unpaired) electrons. The van der Waals surface area contributed by atoms with Crippen LogP contribution in [0.1, 0.15) is 11.4 Å². The van der Waals surface area contributed by atoms with Gasteiger partial charge in [-0.05, 0) is 39.6 Å². The number of pyridine rings is 1. The van der Waals surface area contributed by atoms with E-state index in [1.165, 1.54) is 0 Å². The molecular formula is C15H23N5O2. The van der Waals surface area contributed by atoms with E-state index in [-0.39, 0.29) is 6.29 Å². The molecule has 2 N–H and O–H groups in total. The van der Waals surface area contributed by atoms with Gasteiger partial charge in [-0.25, -0.2) is 4.98 Å². The van der Waals surface area contributed by atoms with Crippen molar-refractivity contribution in [2.45, 2.75) is 26.7 Å². The maximum atomic E-state index is 8.26. The first-order valence-corrected chi connectivity index (χ1v) is 7.27. The number of nitrogens with zero attached hydrogens (tertiary/aromatic N) is 3. The number of fused-ring (bicyclic) bond motifs is 1. The molecule has 0 amide bonds. The average molecular weight is 305 g/mol. The molecule has 0 atom stereocenters. The Morgan fingerprint density at radius 3 is 2.59 bits per heavy atom. The van der Waals surface area contributed by atoms with Gasteiger partial charge in [-0.3, -0.25) is 10.4 Å². The summed E-state index contributed by atoms with van der Waals surface area (Å²) in [6.45, 7) is 5.54. The van der Waals surface area contributed by atoms with Gasteiger partial charge in [-0.2, -0.15) is 0 Å². The molecule has 0 unspecified atom stereocenters. The van der Waals surface area contributed by atoms with Gasteiger partial charge in [0.15, 0.2) is 11.8 Å². The molecular weight excluding hydrogens is 282 g/mol. The van der Waals surface area contributed by atoms with Crippen LogP contribution in [0.3, 0.4) is 0 Å². The number of aromatic nitrogens is 3. The van der Waals surface area contributed by atoms with Gasteiger partial charge in [0.1, 0.15) is 11.3 Å². The minimum Gasteiger partial charge on any atom is -0.348 e. The smallest absolute Gasteiger partial charge is 0.175 e. The molecule has 7 heteroatoms. The largest absolute Gasteiger partial charge is 0.348 e. The van der Waals surface area contributed by atoms with E-state index in [2.05, 4.69) is 15.3 Å². The zero-order chi connectivity index (χ0) is 16.1. The number of rotatable bonds is 2. The monoisotopic (exact) mass is 305 g/mol. The first-order valence-electron chi connectivity index (χ1n) is 7.27. The minimum atomic E-state index is -0.294. The molecule has 0 aliphatic carbocycles. The fraction of sp³-hybridized carbons (Fsp3) is 0.533. The second kappa shape index (κ2) is 7.44. The van der Waals surface area contributed by atoms with Crippen molar-refractivity contribution in [3.8, 4) is 0 Å². The van der Waals surface area contributed by atoms with Crippen LogP contribution in [0.25, 0.3) is 11.0 Å². The van der Waals surface area contributed by atoms with Gasteiger partial charge < -0.3 is 19.4 Å². The van der Waals surface area contributed by atoms with E-state index in [0.717, 1.165) is 16.9 Å². The third kappa shape index (κ3) is 3.68. The van der Waals surface area contributed by atoms with Gasteiger partial charge in [0, 0.05) is 6.20 Å². The molecule has 1 saturated heterocycles. The number of aryl methyl sites for hydroxylation is 2. The third-order valence-corrected chi connectivity index (χ3v) is 3.19. The van der Waals surface area contributed by atoms with Crippen molar-refractivity contribution in [3.63, 3.8) is 0 Å². The standard InChI is InChI=1S/C13H16N4O2.C2H7N/c1-8-5-10-12(15-6-8)13(14)17(9(2)16-10)7-11-18-3-4-19-11;1-3-2/h5-6,11,14H,3-4,7H2,1-2H3;3H,1-2H3. The predicted octanol–water partition coefficient (Wildman–Crippen LogP) is 0.736. The first-order chi connectivity index (χ1) is 10.6. The maximum absolute atomic E-state index is 8.26. The van der Waals surface area contributed by atoms with Crippen LogP contribution in [0.2, 0.25) is 0 Å². The highest BCUT2D eigenvalue weighted by Crippen LogP contribution is 2.10. The summed E-state index contributed by atoms with van der Waals surface area (Å²) < 4.78 is 12.6. The number of hydrogen-bond donors (Lipinski definition) is 2. The number of nitrogens with one attached hydrogen (secondary N) is 2. The lowest BCUT2D eigenvalue weighted by Gasteiger charge is -2.15. The van der Waals surface area contributed by atoms with E-state index in [1.807, 2.05) is 34.0 Å². The van der Waals surface area contributed by atoms with Crippen molar-refractivity contribution in [1.29, 1.82) is 5.41 Å². The molecule has 0 saturated carbocycles. The lowest BCUT2D eigenvalue weighted by molar-refractivity contribution is -0.0537. The molecule has 120 valence electrons. The molecule has 0 bridgehead atoms. The van der Waals surface area contributed by atoms with E-state index in [4.69, 9.17) is 14.9 Å². The highest BCUT2D eigenvalue weighted by Gasteiger charge is 2.18. The van der Waals surface area contributed by atoms with Crippen LogP contribution in [0, 0.1) is 19.3 Å². The molecule has 0 spiro atoms. The van der Waals surface area contributed by atoms with E-state index in [0.29, 0.717) is 30.8 Å². The molecule has 2 aromatic rings. The van der Waals surface area contributed by atoms with E-state index in [1.54, 1.807) is 10.8 Å². The summed E-state index contributed by atoms with van der Waals surface area (Å²) in [5, 5.41) is 11.0. The van der Waals surface area contributed by atoms with E-state index in [9.17, 15) is 0 Å². The van der Waals surface area contributed by atoms with Gasteiger partial charge in [-0.1, -0.05) is 0 Å². The zero-order valence-electron chi connectivity index (χ0n) is 13.5. The minimum absolute atomic E-state index is 0.294. The number of ether oxygens (including phenoxy) is 2. The summed E-state index contributed by atoms with van der Waals surface area (Å²) in [7, 11) is 3.75. The fourth-order valence-electron chi connectivity index (χ4n) is 2.23. The average Bonchev–Trinajstić information content (AvgIpc) is 2.97. The third-order valence-electron chi connectivity index (χ3n) is 3.19. The van der Waals surface area contributed by atoms with Crippen LogP contribution in [0.15, 0.2) is 12.3 Å². The van der Waals surface area contributed by atoms with Crippen molar-refractivity contribution >= 4 is 11.0 Å². The highest BCUT2D eigenvalue weighted by molar-refractivity contribution is 5.72. The summed E-state index contributed by atoms with van der Waals surface area (Å²) in [6.07, 6.45) is 1.46. The van der Waals surface area contributed by atoms with Crippen LogP contribution >= 0.6 is 0 Å². The second-order valence-electron chi connectivity index (χ2n) is 5.17. The molecule has 2 aromatic heterocycles. The molecule has 0 aromatic carbocycles. The van der Waals surface area contributed by atoms with Gasteiger partial charge in [0.2, 0.25) is 0 Å². The zero-order valence-corrected chi connectivity index (χ0v) is 13.5. The molecule has 3 heterocycles. The van der Waals surface area contributed by atoms with Crippen LogP contribution < -0.4 is 10.8 Å². The quantitative estimate of drug-likeness (QED) is 0.854. The molecule has 7 nitrogen and oxygen atoms in total. The van der Waals surface area contributed by atoms with Gasteiger partial charge in [0.25, 0.3) is 0 Å². The van der Waals surface area contributed by atoms with Gasteiger partial charge in [0.05, 0.1) is 25.3 Å². The Morgan fingerprint density at radius 1 is 1.32 bits per heavy atom. The molecule has 3 rings (SSSR count). The van der Waals surface area contributed by atoms with Crippen molar-refractivity contribution in [2.75, 3.05) is 27.3 Å². The molecule has 1 aliphatic heterocycles. The Hall–Kier alpha value is -1.83. The van der Waals surface area contributed by atoms with Crippen molar-refractivity contribution < 1.29 is 9.47 Å². The fourth-order valence-corrected chi connectivity index (χ4v) is 2.23. The molecule has 22 heavy (non-hydrogen) atoms. The van der Waals surface area contributed by atoms with Crippen molar-refractivity contribution in [3.05, 3.63) is 29.1 Å². The van der Waals surface area contributed by atoms with Gasteiger partial charge >= 0.3 is 0 Å². The lowest BCUT2D eigenvalue weighted by Crippen LogP contribution is -2.30. The Kier molecular flexibility index (Phi) is 5.59. The Bertz CT molecular complexity index is 692. The van der Waals surface area contributed by atoms with Crippen LogP contribution in [-0.2, 0) is 16.0 Å². The maximum Gasteiger partial charge on any atom is 0.175 e. The summed E-state index contributed by atoms with van der Waals surface area (Å²) in [4.78, 5) is 8.81. The predicted molar refractivity (Wildman–Crippen MR) is 83.5 cm³/mol. The summed E-state index contributed by atoms with van der Waals surface area (Å²) in [6, 6.07) is 1.94. The van der Waals surface area contributed by atoms with Crippen LogP contribution in [-0.4, -0.2) is 48.1 Å². The summed E-state index contributed by atoms with van der Waals surface area (Å²) >= 11 is 0. The second-order valence-corrected chi connectivity index (χ2v) is 5.17. The Labute approximate surface area is 129 Å². The molecule has 1 fully saturated rings. The lowest BCUT2D eigenvalue weighted by atomic mass is 10.2. The Morgan fingerprint density at radius 2 is 1.95 bits per heavy atom. The summed E-state index contributed by atoms with van der Waals surface area (Å²) in [5.41, 5.74) is 2.75.